The third-order valence-corrected chi connectivity index (χ3v) is 3.68. The molecular weight excluding hydrogens is 304 g/mol. The standard InChI is InChI=1S/C20H24O4/c1-16(23-14-17-9-5-3-6-10-17)13-19(20(21)22-2)24-15-18-11-7-4-8-12-18/h3-12,16,19H,13-15H2,1-2H3/t16-,19-/m0/s1. The first-order valence-corrected chi connectivity index (χ1v) is 8.08. The average Bonchev–Trinajstić information content (AvgIpc) is 2.64. The van der Waals surface area contributed by atoms with E-state index < -0.39 is 6.10 Å². The quantitative estimate of drug-likeness (QED) is 0.658. The number of ether oxygens (including phenoxy) is 3. The van der Waals surface area contributed by atoms with Gasteiger partial charge in [0.2, 0.25) is 0 Å². The van der Waals surface area contributed by atoms with E-state index in [-0.39, 0.29) is 12.1 Å². The third kappa shape index (κ3) is 6.14. The van der Waals surface area contributed by atoms with Gasteiger partial charge in [0.1, 0.15) is 0 Å². The van der Waals surface area contributed by atoms with Crippen molar-refractivity contribution in [3.63, 3.8) is 0 Å². The smallest absolute Gasteiger partial charge is 0.335 e. The topological polar surface area (TPSA) is 44.8 Å². The Morgan fingerprint density at radius 3 is 1.88 bits per heavy atom. The van der Waals surface area contributed by atoms with Gasteiger partial charge in [-0.2, -0.15) is 0 Å². The summed E-state index contributed by atoms with van der Waals surface area (Å²) < 4.78 is 16.4. The van der Waals surface area contributed by atoms with E-state index in [0.717, 1.165) is 11.1 Å². The van der Waals surface area contributed by atoms with E-state index in [1.807, 2.05) is 67.6 Å². The Morgan fingerprint density at radius 1 is 0.875 bits per heavy atom. The van der Waals surface area contributed by atoms with Crippen LogP contribution in [0.3, 0.4) is 0 Å². The molecule has 0 saturated heterocycles. The number of carbonyl (C=O) groups is 1. The summed E-state index contributed by atoms with van der Waals surface area (Å²) in [7, 11) is 1.37. The van der Waals surface area contributed by atoms with Gasteiger partial charge in [0.05, 0.1) is 26.4 Å². The van der Waals surface area contributed by atoms with Crippen LogP contribution < -0.4 is 0 Å². The van der Waals surface area contributed by atoms with Gasteiger partial charge in [-0.1, -0.05) is 60.7 Å². The predicted octanol–water partition coefficient (Wildman–Crippen LogP) is 3.74. The van der Waals surface area contributed by atoms with Crippen LogP contribution in [0.15, 0.2) is 60.7 Å². The number of hydrogen-bond acceptors (Lipinski definition) is 4. The third-order valence-electron chi connectivity index (χ3n) is 3.68. The summed E-state index contributed by atoms with van der Waals surface area (Å²) >= 11 is 0. The number of hydrogen-bond donors (Lipinski definition) is 0. The second-order valence-corrected chi connectivity index (χ2v) is 5.65. The van der Waals surface area contributed by atoms with Gasteiger partial charge in [0.25, 0.3) is 0 Å². The molecule has 0 fully saturated rings. The fourth-order valence-corrected chi connectivity index (χ4v) is 2.32. The highest BCUT2D eigenvalue weighted by atomic mass is 16.6. The Hall–Kier alpha value is -2.17. The molecule has 4 nitrogen and oxygen atoms in total. The van der Waals surface area contributed by atoms with E-state index in [1.54, 1.807) is 0 Å². The first-order valence-electron chi connectivity index (χ1n) is 8.08. The molecule has 24 heavy (non-hydrogen) atoms. The molecule has 128 valence electrons. The zero-order valence-corrected chi connectivity index (χ0v) is 14.2. The van der Waals surface area contributed by atoms with Gasteiger partial charge in [0, 0.05) is 6.42 Å². The lowest BCUT2D eigenvalue weighted by Gasteiger charge is -2.20. The first-order chi connectivity index (χ1) is 11.7. The van der Waals surface area contributed by atoms with Crippen molar-refractivity contribution in [1.82, 2.24) is 0 Å². The maximum atomic E-state index is 11.9. The van der Waals surface area contributed by atoms with Crippen LogP contribution in [0.2, 0.25) is 0 Å². The van der Waals surface area contributed by atoms with Crippen LogP contribution >= 0.6 is 0 Å². The van der Waals surface area contributed by atoms with E-state index in [4.69, 9.17) is 14.2 Å². The molecule has 4 heteroatoms. The SMILES string of the molecule is COC(=O)[C@H](C[C@H](C)OCc1ccccc1)OCc1ccccc1. The maximum absolute atomic E-state index is 11.9. The van der Waals surface area contributed by atoms with Crippen molar-refractivity contribution in [3.8, 4) is 0 Å². The molecule has 0 bridgehead atoms. The average molecular weight is 328 g/mol. The Bertz CT molecular complexity index is 598. The van der Waals surface area contributed by atoms with E-state index in [2.05, 4.69) is 0 Å². The molecule has 0 aliphatic heterocycles. The van der Waals surface area contributed by atoms with Crippen molar-refractivity contribution < 1.29 is 19.0 Å². The Balaban J connectivity index is 1.84. The Kier molecular flexibility index (Phi) is 7.46. The second-order valence-electron chi connectivity index (χ2n) is 5.65. The second kappa shape index (κ2) is 9.85. The first kappa shape index (κ1) is 18.2. The molecule has 0 aromatic heterocycles. The number of esters is 1. The highest BCUT2D eigenvalue weighted by molar-refractivity contribution is 5.74. The van der Waals surface area contributed by atoms with Gasteiger partial charge in [-0.05, 0) is 18.1 Å². The normalized spacial score (nSPS) is 13.2. The minimum absolute atomic E-state index is 0.120. The number of benzene rings is 2. The molecule has 0 saturated carbocycles. The summed E-state index contributed by atoms with van der Waals surface area (Å²) in [6, 6.07) is 19.7. The van der Waals surface area contributed by atoms with Gasteiger partial charge >= 0.3 is 5.97 Å². The zero-order chi connectivity index (χ0) is 17.2. The monoisotopic (exact) mass is 328 g/mol. The van der Waals surface area contributed by atoms with Gasteiger partial charge in [-0.15, -0.1) is 0 Å². The number of carbonyl (C=O) groups excluding carboxylic acids is 1. The molecular formula is C20H24O4. The highest BCUT2D eigenvalue weighted by Crippen LogP contribution is 2.13. The van der Waals surface area contributed by atoms with Gasteiger partial charge in [-0.25, -0.2) is 4.79 Å². The molecule has 0 spiro atoms. The highest BCUT2D eigenvalue weighted by Gasteiger charge is 2.23. The fourth-order valence-electron chi connectivity index (χ4n) is 2.32. The summed E-state index contributed by atoms with van der Waals surface area (Å²) in [6.45, 7) is 2.81. The van der Waals surface area contributed by atoms with Crippen LogP contribution in [0, 0.1) is 0 Å². The predicted molar refractivity (Wildman–Crippen MR) is 92.3 cm³/mol. The Labute approximate surface area is 143 Å². The van der Waals surface area contributed by atoms with Gasteiger partial charge < -0.3 is 14.2 Å². The summed E-state index contributed by atoms with van der Waals surface area (Å²) in [4.78, 5) is 11.9. The summed E-state index contributed by atoms with van der Waals surface area (Å²) in [5.41, 5.74) is 2.12. The number of rotatable bonds is 9. The van der Waals surface area contributed by atoms with E-state index in [1.165, 1.54) is 7.11 Å². The zero-order valence-electron chi connectivity index (χ0n) is 14.2. The van der Waals surface area contributed by atoms with Crippen molar-refractivity contribution >= 4 is 5.97 Å². The minimum atomic E-state index is -0.638. The molecule has 2 aromatic carbocycles. The van der Waals surface area contributed by atoms with Gasteiger partial charge in [-0.3, -0.25) is 0 Å². The Morgan fingerprint density at radius 2 is 1.38 bits per heavy atom. The lowest BCUT2D eigenvalue weighted by molar-refractivity contribution is -0.157. The van der Waals surface area contributed by atoms with Crippen molar-refractivity contribution in [2.45, 2.75) is 38.8 Å². The molecule has 2 atom stereocenters. The lowest BCUT2D eigenvalue weighted by Crippen LogP contribution is -2.30. The maximum Gasteiger partial charge on any atom is 0.335 e. The van der Waals surface area contributed by atoms with Crippen LogP contribution in [0.1, 0.15) is 24.5 Å². The van der Waals surface area contributed by atoms with Crippen LogP contribution in [0.5, 0.6) is 0 Å². The molecule has 0 radical (unpaired) electrons. The fraction of sp³-hybridized carbons (Fsp3) is 0.350. The molecule has 0 unspecified atom stereocenters. The molecule has 0 N–H and O–H groups in total. The lowest BCUT2D eigenvalue weighted by atomic mass is 10.1. The molecule has 2 rings (SSSR count). The summed E-state index contributed by atoms with van der Waals surface area (Å²) in [5, 5.41) is 0. The molecule has 2 aromatic rings. The molecule has 0 aliphatic carbocycles. The minimum Gasteiger partial charge on any atom is -0.467 e. The summed E-state index contributed by atoms with van der Waals surface area (Å²) in [6.07, 6.45) is -0.308. The van der Waals surface area contributed by atoms with Crippen molar-refractivity contribution in [2.75, 3.05) is 7.11 Å². The van der Waals surface area contributed by atoms with Crippen molar-refractivity contribution in [1.29, 1.82) is 0 Å². The molecule has 0 amide bonds. The van der Waals surface area contributed by atoms with E-state index >= 15 is 0 Å². The van der Waals surface area contributed by atoms with E-state index in [9.17, 15) is 4.79 Å². The molecule has 0 heterocycles. The number of methoxy groups -OCH3 is 1. The molecule has 0 aliphatic rings. The van der Waals surface area contributed by atoms with Crippen LogP contribution in [-0.2, 0) is 32.2 Å². The van der Waals surface area contributed by atoms with Crippen molar-refractivity contribution in [3.05, 3.63) is 71.8 Å². The van der Waals surface area contributed by atoms with Crippen molar-refractivity contribution in [2.24, 2.45) is 0 Å². The summed E-state index contributed by atoms with van der Waals surface area (Å²) in [5.74, 6) is -0.374. The largest absolute Gasteiger partial charge is 0.467 e. The van der Waals surface area contributed by atoms with Crippen LogP contribution in [0.25, 0.3) is 0 Å². The van der Waals surface area contributed by atoms with E-state index in [0.29, 0.717) is 19.6 Å². The van der Waals surface area contributed by atoms with Crippen LogP contribution in [-0.4, -0.2) is 25.3 Å². The van der Waals surface area contributed by atoms with Crippen LogP contribution in [0.4, 0.5) is 0 Å². The van der Waals surface area contributed by atoms with Gasteiger partial charge in [0.15, 0.2) is 6.10 Å².